The highest BCUT2D eigenvalue weighted by Crippen LogP contribution is 2.29. The van der Waals surface area contributed by atoms with Gasteiger partial charge in [-0.2, -0.15) is 4.31 Å². The van der Waals surface area contributed by atoms with Crippen LogP contribution in [-0.2, 0) is 10.0 Å². The number of nitrogens with one attached hydrogen (secondary N) is 1. The third kappa shape index (κ3) is 4.21. The smallest absolute Gasteiger partial charge is 0.214 e. The van der Waals surface area contributed by atoms with Crippen LogP contribution >= 0.6 is 0 Å². The number of unbranched alkanes of at least 4 members (excludes halogenated alkanes) is 1. The van der Waals surface area contributed by atoms with Gasteiger partial charge in [-0.25, -0.2) is 8.42 Å². The molecule has 4 nitrogen and oxygen atoms in total. The molecular weight excluding hydrogens is 248 g/mol. The number of sulfonamides is 1. The van der Waals surface area contributed by atoms with Gasteiger partial charge in [0, 0.05) is 12.6 Å². The normalized spacial score (nSPS) is 30.6. The molecule has 3 atom stereocenters. The summed E-state index contributed by atoms with van der Waals surface area (Å²) < 4.78 is 26.5. The summed E-state index contributed by atoms with van der Waals surface area (Å²) in [5.41, 5.74) is 0. The lowest BCUT2D eigenvalue weighted by Gasteiger charge is -2.40. The molecule has 0 bridgehead atoms. The first-order valence-electron chi connectivity index (χ1n) is 7.02. The summed E-state index contributed by atoms with van der Waals surface area (Å²) in [5, 5.41) is 3.05. The monoisotopic (exact) mass is 276 g/mol. The van der Waals surface area contributed by atoms with Gasteiger partial charge in [0.25, 0.3) is 0 Å². The van der Waals surface area contributed by atoms with E-state index in [4.69, 9.17) is 0 Å². The first-order valence-corrected chi connectivity index (χ1v) is 8.63. The minimum absolute atomic E-state index is 0.149. The van der Waals surface area contributed by atoms with Crippen LogP contribution in [0.1, 0.15) is 40.0 Å². The van der Waals surface area contributed by atoms with Gasteiger partial charge >= 0.3 is 0 Å². The van der Waals surface area contributed by atoms with Crippen LogP contribution in [-0.4, -0.2) is 44.7 Å². The Labute approximate surface area is 112 Å². The minimum Gasteiger partial charge on any atom is -0.320 e. The molecule has 0 aromatic rings. The Bertz CT molecular complexity index is 343. The van der Waals surface area contributed by atoms with Crippen molar-refractivity contribution in [3.05, 3.63) is 0 Å². The number of hydrogen-bond donors (Lipinski definition) is 1. The number of rotatable bonds is 6. The third-order valence-corrected chi connectivity index (χ3v) is 5.98. The van der Waals surface area contributed by atoms with E-state index in [9.17, 15) is 8.42 Å². The summed E-state index contributed by atoms with van der Waals surface area (Å²) in [6, 6.07) is 0.149. The lowest BCUT2D eigenvalue weighted by Crippen LogP contribution is -2.49. The lowest BCUT2D eigenvalue weighted by atomic mass is 9.88. The SMILES string of the molecule is CNCCCCS(=O)(=O)N1CC(C)CC(C)C1C. The molecule has 1 heterocycles. The second kappa shape index (κ2) is 6.87. The molecule has 0 aromatic carbocycles. The average molecular weight is 276 g/mol. The summed E-state index contributed by atoms with van der Waals surface area (Å²) in [4.78, 5) is 0. The van der Waals surface area contributed by atoms with Crippen molar-refractivity contribution in [2.45, 2.75) is 46.1 Å². The fourth-order valence-electron chi connectivity index (χ4n) is 2.73. The van der Waals surface area contributed by atoms with Crippen LogP contribution in [0.15, 0.2) is 0 Å². The van der Waals surface area contributed by atoms with Gasteiger partial charge in [-0.1, -0.05) is 13.8 Å². The predicted octanol–water partition coefficient (Wildman–Crippen LogP) is 1.68. The van der Waals surface area contributed by atoms with E-state index >= 15 is 0 Å². The molecule has 1 aliphatic heterocycles. The van der Waals surface area contributed by atoms with E-state index in [1.54, 1.807) is 4.31 Å². The molecule has 1 aliphatic rings. The Morgan fingerprint density at radius 2 is 1.89 bits per heavy atom. The molecule has 0 amide bonds. The van der Waals surface area contributed by atoms with Crippen LogP contribution in [0.5, 0.6) is 0 Å². The summed E-state index contributed by atoms with van der Waals surface area (Å²) in [6.07, 6.45) is 2.80. The Morgan fingerprint density at radius 1 is 1.22 bits per heavy atom. The van der Waals surface area contributed by atoms with Crippen molar-refractivity contribution in [1.82, 2.24) is 9.62 Å². The molecule has 1 saturated heterocycles. The first-order chi connectivity index (χ1) is 8.38. The number of piperidine rings is 1. The number of nitrogens with zero attached hydrogens (tertiary/aromatic N) is 1. The topological polar surface area (TPSA) is 49.4 Å². The van der Waals surface area contributed by atoms with Gasteiger partial charge in [-0.15, -0.1) is 0 Å². The van der Waals surface area contributed by atoms with Crippen molar-refractivity contribution < 1.29 is 8.42 Å². The zero-order valence-corrected chi connectivity index (χ0v) is 13.0. The van der Waals surface area contributed by atoms with Gasteiger partial charge in [-0.3, -0.25) is 0 Å². The summed E-state index contributed by atoms with van der Waals surface area (Å²) in [6.45, 7) is 7.93. The zero-order chi connectivity index (χ0) is 13.8. The summed E-state index contributed by atoms with van der Waals surface area (Å²) >= 11 is 0. The Morgan fingerprint density at radius 3 is 2.50 bits per heavy atom. The largest absolute Gasteiger partial charge is 0.320 e. The molecule has 3 unspecified atom stereocenters. The highest BCUT2D eigenvalue weighted by atomic mass is 32.2. The van der Waals surface area contributed by atoms with Crippen LogP contribution in [0.25, 0.3) is 0 Å². The molecule has 108 valence electrons. The maximum absolute atomic E-state index is 12.4. The molecular formula is C13H28N2O2S. The van der Waals surface area contributed by atoms with Gasteiger partial charge < -0.3 is 5.32 Å². The standard InChI is InChI=1S/C13H28N2O2S/c1-11-9-12(2)13(3)15(10-11)18(16,17)8-6-5-7-14-4/h11-14H,5-10H2,1-4H3. The maximum Gasteiger partial charge on any atom is 0.214 e. The molecule has 0 spiro atoms. The Hall–Kier alpha value is -0.130. The highest BCUT2D eigenvalue weighted by molar-refractivity contribution is 7.89. The van der Waals surface area contributed by atoms with Crippen LogP contribution in [0.2, 0.25) is 0 Å². The van der Waals surface area contributed by atoms with Gasteiger partial charge in [0.05, 0.1) is 5.75 Å². The van der Waals surface area contributed by atoms with E-state index in [0.717, 1.165) is 25.8 Å². The molecule has 1 rings (SSSR count). The van der Waals surface area contributed by atoms with Gasteiger partial charge in [0.1, 0.15) is 0 Å². The van der Waals surface area contributed by atoms with Gasteiger partial charge in [0.15, 0.2) is 0 Å². The molecule has 0 saturated carbocycles. The van der Waals surface area contributed by atoms with Crippen molar-refractivity contribution >= 4 is 10.0 Å². The van der Waals surface area contributed by atoms with Gasteiger partial charge in [0.2, 0.25) is 10.0 Å². The fraction of sp³-hybridized carbons (Fsp3) is 1.00. The van der Waals surface area contributed by atoms with Crippen molar-refractivity contribution in [2.24, 2.45) is 11.8 Å². The number of hydrogen-bond acceptors (Lipinski definition) is 3. The van der Waals surface area contributed by atoms with Gasteiger partial charge in [-0.05, 0) is 51.6 Å². The van der Waals surface area contributed by atoms with Crippen LogP contribution in [0.4, 0.5) is 0 Å². The van der Waals surface area contributed by atoms with Crippen molar-refractivity contribution in [3.8, 4) is 0 Å². The van der Waals surface area contributed by atoms with Crippen LogP contribution < -0.4 is 5.32 Å². The highest BCUT2D eigenvalue weighted by Gasteiger charge is 2.35. The van der Waals surface area contributed by atoms with E-state index < -0.39 is 10.0 Å². The minimum atomic E-state index is -3.07. The van der Waals surface area contributed by atoms with Crippen molar-refractivity contribution in [1.29, 1.82) is 0 Å². The molecule has 1 N–H and O–H groups in total. The quantitative estimate of drug-likeness (QED) is 0.751. The molecule has 18 heavy (non-hydrogen) atoms. The Kier molecular flexibility index (Phi) is 6.08. The Balaban J connectivity index is 2.59. The molecule has 1 fully saturated rings. The predicted molar refractivity (Wildman–Crippen MR) is 76.1 cm³/mol. The van der Waals surface area contributed by atoms with Crippen LogP contribution in [0.3, 0.4) is 0 Å². The van der Waals surface area contributed by atoms with E-state index in [1.807, 2.05) is 14.0 Å². The average Bonchev–Trinajstić information content (AvgIpc) is 2.29. The van der Waals surface area contributed by atoms with E-state index in [0.29, 0.717) is 24.1 Å². The van der Waals surface area contributed by atoms with Crippen molar-refractivity contribution in [2.75, 3.05) is 25.9 Å². The zero-order valence-electron chi connectivity index (χ0n) is 12.1. The third-order valence-electron chi connectivity index (χ3n) is 3.98. The second-order valence-electron chi connectivity index (χ2n) is 5.76. The van der Waals surface area contributed by atoms with E-state index in [-0.39, 0.29) is 6.04 Å². The fourth-order valence-corrected chi connectivity index (χ4v) is 4.73. The molecule has 5 heteroatoms. The second-order valence-corrected chi connectivity index (χ2v) is 7.80. The first kappa shape index (κ1) is 15.9. The van der Waals surface area contributed by atoms with E-state index in [2.05, 4.69) is 19.2 Å². The van der Waals surface area contributed by atoms with Crippen molar-refractivity contribution in [3.63, 3.8) is 0 Å². The summed E-state index contributed by atoms with van der Waals surface area (Å²) in [5.74, 6) is 1.22. The molecule has 0 aromatic heterocycles. The van der Waals surface area contributed by atoms with E-state index in [1.165, 1.54) is 0 Å². The maximum atomic E-state index is 12.4. The molecule has 0 radical (unpaired) electrons. The summed E-state index contributed by atoms with van der Waals surface area (Å²) in [7, 11) is -1.18. The lowest BCUT2D eigenvalue weighted by molar-refractivity contribution is 0.157. The van der Waals surface area contributed by atoms with Crippen LogP contribution in [0, 0.1) is 11.8 Å². The molecule has 0 aliphatic carbocycles.